The number of aliphatic hydroxyl groups excluding tert-OH is 1. The monoisotopic (exact) mass is 269 g/mol. The summed E-state index contributed by atoms with van der Waals surface area (Å²) in [6.07, 6.45) is 3.66. The number of rotatable bonds is 8. The summed E-state index contributed by atoms with van der Waals surface area (Å²) < 4.78 is 0. The first-order valence-corrected chi connectivity index (χ1v) is 6.20. The number of hydrogen-bond donors (Lipinski definition) is 3. The van der Waals surface area contributed by atoms with Crippen LogP contribution in [0, 0.1) is 16.0 Å². The lowest BCUT2D eigenvalue weighted by atomic mass is 10.0. The van der Waals surface area contributed by atoms with E-state index in [1.54, 1.807) is 0 Å². The maximum Gasteiger partial charge on any atom is 0.329 e. The third-order valence-electron chi connectivity index (χ3n) is 2.78. The van der Waals surface area contributed by atoms with Crippen molar-refractivity contribution in [1.82, 2.24) is 9.97 Å². The molecule has 0 saturated heterocycles. The first-order valence-electron chi connectivity index (χ1n) is 6.20. The van der Waals surface area contributed by atoms with Gasteiger partial charge in [-0.25, -0.2) is 4.98 Å². The molecule has 8 nitrogen and oxygen atoms in total. The Morgan fingerprint density at radius 1 is 1.58 bits per heavy atom. The van der Waals surface area contributed by atoms with Crippen LogP contribution in [0.5, 0.6) is 0 Å². The van der Waals surface area contributed by atoms with Crippen molar-refractivity contribution < 1.29 is 10.0 Å². The second-order valence-corrected chi connectivity index (χ2v) is 4.27. The van der Waals surface area contributed by atoms with Gasteiger partial charge in [0.1, 0.15) is 6.20 Å². The van der Waals surface area contributed by atoms with E-state index in [2.05, 4.69) is 22.2 Å². The van der Waals surface area contributed by atoms with Crippen molar-refractivity contribution in [3.8, 4) is 0 Å². The molecule has 0 aromatic carbocycles. The largest absolute Gasteiger partial charge is 0.396 e. The van der Waals surface area contributed by atoms with E-state index >= 15 is 0 Å². The number of hydrogen-bond acceptors (Lipinski definition) is 7. The zero-order valence-corrected chi connectivity index (χ0v) is 10.9. The molecule has 1 unspecified atom stereocenters. The first kappa shape index (κ1) is 15.1. The Hall–Kier alpha value is -1.96. The summed E-state index contributed by atoms with van der Waals surface area (Å²) in [4.78, 5) is 17.7. The van der Waals surface area contributed by atoms with Gasteiger partial charge in [0, 0.05) is 13.2 Å². The molecule has 1 heterocycles. The minimum atomic E-state index is -0.553. The fraction of sp³-hybridized carbons (Fsp3) is 0.636. The summed E-state index contributed by atoms with van der Waals surface area (Å²) in [6, 6.07) is 0. The normalized spacial score (nSPS) is 12.1. The molecule has 0 bridgehead atoms. The number of nitrogens with zero attached hydrogens (tertiary/aromatic N) is 3. The van der Waals surface area contributed by atoms with Crippen LogP contribution in [-0.2, 0) is 0 Å². The number of nitrogens with two attached hydrogens (primary N) is 1. The van der Waals surface area contributed by atoms with Crippen LogP contribution in [-0.4, -0.2) is 33.1 Å². The van der Waals surface area contributed by atoms with Gasteiger partial charge in [-0.3, -0.25) is 10.1 Å². The van der Waals surface area contributed by atoms with Gasteiger partial charge in [-0.2, -0.15) is 4.98 Å². The molecule has 19 heavy (non-hydrogen) atoms. The van der Waals surface area contributed by atoms with E-state index in [0.29, 0.717) is 13.0 Å². The Labute approximate surface area is 111 Å². The van der Waals surface area contributed by atoms with Crippen molar-refractivity contribution in [1.29, 1.82) is 0 Å². The second-order valence-electron chi connectivity index (χ2n) is 4.27. The van der Waals surface area contributed by atoms with Crippen LogP contribution in [0.25, 0.3) is 0 Å². The molecule has 4 N–H and O–H groups in total. The zero-order valence-electron chi connectivity index (χ0n) is 10.9. The Morgan fingerprint density at radius 2 is 2.32 bits per heavy atom. The van der Waals surface area contributed by atoms with E-state index in [1.165, 1.54) is 0 Å². The molecular formula is C11H19N5O3. The van der Waals surface area contributed by atoms with Crippen LogP contribution in [0.15, 0.2) is 6.20 Å². The number of nitrogen functional groups attached to an aromatic ring is 1. The van der Waals surface area contributed by atoms with Gasteiger partial charge in [-0.05, 0) is 18.8 Å². The molecule has 1 rings (SSSR count). The van der Waals surface area contributed by atoms with Crippen LogP contribution >= 0.6 is 0 Å². The predicted octanol–water partition coefficient (Wildman–Crippen LogP) is 1.18. The lowest BCUT2D eigenvalue weighted by Crippen LogP contribution is -2.17. The Morgan fingerprint density at radius 3 is 2.89 bits per heavy atom. The molecule has 1 aromatic rings. The molecule has 0 spiro atoms. The fourth-order valence-electron chi connectivity index (χ4n) is 1.83. The van der Waals surface area contributed by atoms with Crippen molar-refractivity contribution in [3.05, 3.63) is 16.3 Å². The second kappa shape index (κ2) is 7.47. The van der Waals surface area contributed by atoms with E-state index in [4.69, 9.17) is 10.8 Å². The quantitative estimate of drug-likeness (QED) is 0.477. The average Bonchev–Trinajstić information content (AvgIpc) is 2.36. The van der Waals surface area contributed by atoms with Crippen LogP contribution in [0.4, 0.5) is 17.5 Å². The molecule has 0 aliphatic heterocycles. The lowest BCUT2D eigenvalue weighted by Gasteiger charge is -2.15. The van der Waals surface area contributed by atoms with Crippen molar-refractivity contribution in [2.75, 3.05) is 24.2 Å². The van der Waals surface area contributed by atoms with Gasteiger partial charge in [-0.1, -0.05) is 13.3 Å². The summed E-state index contributed by atoms with van der Waals surface area (Å²) in [5, 5.41) is 22.7. The van der Waals surface area contributed by atoms with Crippen molar-refractivity contribution in [2.45, 2.75) is 26.2 Å². The van der Waals surface area contributed by atoms with Crippen LogP contribution < -0.4 is 11.1 Å². The summed E-state index contributed by atoms with van der Waals surface area (Å²) in [7, 11) is 0. The highest BCUT2D eigenvalue weighted by atomic mass is 16.6. The third-order valence-corrected chi connectivity index (χ3v) is 2.78. The first-order chi connectivity index (χ1) is 9.08. The molecule has 0 aliphatic carbocycles. The van der Waals surface area contributed by atoms with Gasteiger partial charge >= 0.3 is 5.69 Å². The molecule has 0 saturated carbocycles. The van der Waals surface area contributed by atoms with Gasteiger partial charge in [0.15, 0.2) is 0 Å². The van der Waals surface area contributed by atoms with E-state index in [1.807, 2.05) is 0 Å². The number of anilines is 2. The fourth-order valence-corrected chi connectivity index (χ4v) is 1.83. The lowest BCUT2D eigenvalue weighted by molar-refractivity contribution is -0.384. The number of aliphatic hydroxyl groups is 1. The summed E-state index contributed by atoms with van der Waals surface area (Å²) >= 11 is 0. The number of nitrogens with one attached hydrogen (secondary N) is 1. The van der Waals surface area contributed by atoms with Crippen LogP contribution in [0.1, 0.15) is 26.2 Å². The Bertz CT molecular complexity index is 421. The molecule has 1 aromatic heterocycles. The number of aromatic nitrogens is 2. The zero-order chi connectivity index (χ0) is 14.3. The van der Waals surface area contributed by atoms with E-state index in [0.717, 1.165) is 19.0 Å². The van der Waals surface area contributed by atoms with Crippen LogP contribution in [0.3, 0.4) is 0 Å². The standard InChI is InChI=1S/C11H19N5O3/c1-2-3-8(4-5-17)6-13-10-9(16(18)19)7-14-11(12)15-10/h7-8,17H,2-6H2,1H3,(H3,12,13,14,15). The summed E-state index contributed by atoms with van der Waals surface area (Å²) in [6.45, 7) is 2.65. The molecule has 0 amide bonds. The van der Waals surface area contributed by atoms with Gasteiger partial charge in [0.2, 0.25) is 11.8 Å². The Kier molecular flexibility index (Phi) is 5.94. The highest BCUT2D eigenvalue weighted by molar-refractivity contribution is 5.56. The maximum atomic E-state index is 10.8. The molecule has 1 atom stereocenters. The van der Waals surface area contributed by atoms with Crippen LogP contribution in [0.2, 0.25) is 0 Å². The third kappa shape index (κ3) is 4.66. The topological polar surface area (TPSA) is 127 Å². The average molecular weight is 269 g/mol. The van der Waals surface area contributed by atoms with Gasteiger partial charge < -0.3 is 16.2 Å². The smallest absolute Gasteiger partial charge is 0.329 e. The van der Waals surface area contributed by atoms with Gasteiger partial charge in [0.25, 0.3) is 0 Å². The van der Waals surface area contributed by atoms with Gasteiger partial charge in [-0.15, -0.1) is 0 Å². The molecular weight excluding hydrogens is 250 g/mol. The van der Waals surface area contributed by atoms with E-state index < -0.39 is 4.92 Å². The highest BCUT2D eigenvalue weighted by Crippen LogP contribution is 2.22. The van der Waals surface area contributed by atoms with Crippen molar-refractivity contribution >= 4 is 17.5 Å². The molecule has 0 fully saturated rings. The SMILES string of the molecule is CCCC(CCO)CNc1nc(N)ncc1[N+](=O)[O-]. The van der Waals surface area contributed by atoms with Crippen molar-refractivity contribution in [2.24, 2.45) is 5.92 Å². The maximum absolute atomic E-state index is 10.8. The minimum Gasteiger partial charge on any atom is -0.396 e. The van der Waals surface area contributed by atoms with E-state index in [9.17, 15) is 10.1 Å². The minimum absolute atomic E-state index is 0.0118. The molecule has 106 valence electrons. The molecule has 0 radical (unpaired) electrons. The summed E-state index contributed by atoms with van der Waals surface area (Å²) in [5.74, 6) is 0.352. The molecule has 0 aliphatic rings. The van der Waals surface area contributed by atoms with E-state index in [-0.39, 0.29) is 30.0 Å². The number of nitro groups is 1. The highest BCUT2D eigenvalue weighted by Gasteiger charge is 2.17. The van der Waals surface area contributed by atoms with Gasteiger partial charge in [0.05, 0.1) is 4.92 Å². The summed E-state index contributed by atoms with van der Waals surface area (Å²) in [5.41, 5.74) is 5.23. The predicted molar refractivity (Wildman–Crippen MR) is 71.7 cm³/mol. The molecule has 8 heteroatoms. The Balaban J connectivity index is 2.74. The van der Waals surface area contributed by atoms with Crippen molar-refractivity contribution in [3.63, 3.8) is 0 Å².